The molecule has 0 amide bonds. The predicted octanol–water partition coefficient (Wildman–Crippen LogP) is 0.117. The molecule has 3 nitrogen and oxygen atoms in total. The summed E-state index contributed by atoms with van der Waals surface area (Å²) in [5.74, 6) is 0.876. The average molecular weight is 170 g/mol. The van der Waals surface area contributed by atoms with Crippen molar-refractivity contribution >= 4 is 5.78 Å². The summed E-state index contributed by atoms with van der Waals surface area (Å²) in [7, 11) is 0. The SMILES string of the molecule is CC(=O)CNCC(C)CN1CC1. The van der Waals surface area contributed by atoms with Gasteiger partial charge in [0.2, 0.25) is 0 Å². The van der Waals surface area contributed by atoms with Crippen molar-refractivity contribution < 1.29 is 4.79 Å². The van der Waals surface area contributed by atoms with E-state index in [1.54, 1.807) is 6.92 Å². The third-order valence-corrected chi connectivity index (χ3v) is 1.98. The number of Topliss-reactive ketones (excluding diaryl/α,β-unsaturated/α-hetero) is 1. The van der Waals surface area contributed by atoms with Gasteiger partial charge in [-0.05, 0) is 19.4 Å². The Balaban J connectivity index is 1.93. The van der Waals surface area contributed by atoms with Crippen molar-refractivity contribution in [3.05, 3.63) is 0 Å². The lowest BCUT2D eigenvalue weighted by atomic mass is 10.2. The van der Waals surface area contributed by atoms with Crippen molar-refractivity contribution in [3.8, 4) is 0 Å². The van der Waals surface area contributed by atoms with Crippen LogP contribution in [0.1, 0.15) is 13.8 Å². The maximum atomic E-state index is 10.6. The first kappa shape index (κ1) is 9.68. The van der Waals surface area contributed by atoms with Crippen molar-refractivity contribution in [3.63, 3.8) is 0 Å². The lowest BCUT2D eigenvalue weighted by Gasteiger charge is -2.11. The van der Waals surface area contributed by atoms with E-state index in [9.17, 15) is 4.79 Å². The number of rotatable bonds is 6. The Morgan fingerprint density at radius 3 is 2.75 bits per heavy atom. The molecule has 1 aliphatic rings. The number of ketones is 1. The van der Waals surface area contributed by atoms with E-state index in [1.807, 2.05) is 0 Å². The highest BCUT2D eigenvalue weighted by atomic mass is 16.1. The summed E-state index contributed by atoms with van der Waals surface area (Å²) in [4.78, 5) is 13.0. The normalized spacial score (nSPS) is 19.2. The van der Waals surface area contributed by atoms with E-state index in [0.717, 1.165) is 6.54 Å². The van der Waals surface area contributed by atoms with Gasteiger partial charge in [0, 0.05) is 19.6 Å². The van der Waals surface area contributed by atoms with Crippen LogP contribution >= 0.6 is 0 Å². The first-order valence-corrected chi connectivity index (χ1v) is 4.61. The van der Waals surface area contributed by atoms with E-state index in [0.29, 0.717) is 12.5 Å². The van der Waals surface area contributed by atoms with Gasteiger partial charge in [0.15, 0.2) is 0 Å². The highest BCUT2D eigenvalue weighted by molar-refractivity contribution is 5.77. The number of hydrogen-bond donors (Lipinski definition) is 1. The number of nitrogens with one attached hydrogen (secondary N) is 1. The van der Waals surface area contributed by atoms with Crippen LogP contribution in [0.4, 0.5) is 0 Å². The van der Waals surface area contributed by atoms with Crippen LogP contribution in [0.3, 0.4) is 0 Å². The molecule has 1 saturated heterocycles. The standard InChI is InChI=1S/C9H18N2O/c1-8(7-11-3-4-11)5-10-6-9(2)12/h8,10H,3-7H2,1-2H3. The molecule has 0 aromatic heterocycles. The molecule has 0 spiro atoms. The van der Waals surface area contributed by atoms with E-state index in [1.165, 1.54) is 19.6 Å². The Morgan fingerprint density at radius 1 is 1.58 bits per heavy atom. The Bertz CT molecular complexity index is 155. The molecule has 1 aliphatic heterocycles. The molecule has 0 aromatic rings. The summed E-state index contributed by atoms with van der Waals surface area (Å²) in [6.07, 6.45) is 0. The highest BCUT2D eigenvalue weighted by Crippen LogP contribution is 2.07. The van der Waals surface area contributed by atoms with Crippen molar-refractivity contribution in [2.75, 3.05) is 32.7 Å². The maximum Gasteiger partial charge on any atom is 0.143 e. The van der Waals surface area contributed by atoms with Crippen LogP contribution in [-0.4, -0.2) is 43.4 Å². The summed E-state index contributed by atoms with van der Waals surface area (Å²) in [6, 6.07) is 0. The third kappa shape index (κ3) is 4.46. The highest BCUT2D eigenvalue weighted by Gasteiger charge is 2.19. The van der Waals surface area contributed by atoms with Gasteiger partial charge in [0.25, 0.3) is 0 Å². The third-order valence-electron chi connectivity index (χ3n) is 1.98. The van der Waals surface area contributed by atoms with E-state index in [4.69, 9.17) is 0 Å². The van der Waals surface area contributed by atoms with Gasteiger partial charge in [0.1, 0.15) is 5.78 Å². The molecule has 1 unspecified atom stereocenters. The fraction of sp³-hybridized carbons (Fsp3) is 0.889. The predicted molar refractivity (Wildman–Crippen MR) is 49.2 cm³/mol. The first-order chi connectivity index (χ1) is 5.68. The second-order valence-corrected chi connectivity index (χ2v) is 3.74. The summed E-state index contributed by atoms with van der Waals surface area (Å²) in [5, 5.41) is 3.14. The van der Waals surface area contributed by atoms with Crippen LogP contribution in [-0.2, 0) is 4.79 Å². The fourth-order valence-electron chi connectivity index (χ4n) is 1.25. The minimum absolute atomic E-state index is 0.217. The van der Waals surface area contributed by atoms with Crippen LogP contribution in [0.2, 0.25) is 0 Å². The molecule has 1 rings (SSSR count). The van der Waals surface area contributed by atoms with E-state index < -0.39 is 0 Å². The molecule has 0 saturated carbocycles. The molecule has 12 heavy (non-hydrogen) atoms. The minimum atomic E-state index is 0.217. The summed E-state index contributed by atoms with van der Waals surface area (Å²) >= 11 is 0. The molecule has 0 radical (unpaired) electrons. The zero-order valence-corrected chi connectivity index (χ0v) is 7.97. The molecule has 70 valence electrons. The van der Waals surface area contributed by atoms with E-state index >= 15 is 0 Å². The zero-order valence-electron chi connectivity index (χ0n) is 7.97. The Morgan fingerprint density at radius 2 is 2.25 bits per heavy atom. The van der Waals surface area contributed by atoms with E-state index in [-0.39, 0.29) is 5.78 Å². The Labute approximate surface area is 74.1 Å². The minimum Gasteiger partial charge on any atom is -0.310 e. The van der Waals surface area contributed by atoms with Gasteiger partial charge in [-0.3, -0.25) is 4.79 Å². The van der Waals surface area contributed by atoms with Crippen molar-refractivity contribution in [2.45, 2.75) is 13.8 Å². The van der Waals surface area contributed by atoms with Gasteiger partial charge in [-0.15, -0.1) is 0 Å². The first-order valence-electron chi connectivity index (χ1n) is 4.61. The van der Waals surface area contributed by atoms with Crippen molar-refractivity contribution in [2.24, 2.45) is 5.92 Å². The average Bonchev–Trinajstić information content (AvgIpc) is 2.70. The van der Waals surface area contributed by atoms with Crippen LogP contribution in [0.25, 0.3) is 0 Å². The van der Waals surface area contributed by atoms with Gasteiger partial charge in [-0.1, -0.05) is 6.92 Å². The molecule has 1 atom stereocenters. The van der Waals surface area contributed by atoms with Gasteiger partial charge in [-0.2, -0.15) is 0 Å². The van der Waals surface area contributed by atoms with Crippen LogP contribution in [0, 0.1) is 5.92 Å². The molecule has 3 heteroatoms. The number of carbonyl (C=O) groups is 1. The number of nitrogens with zero attached hydrogens (tertiary/aromatic N) is 1. The Kier molecular flexibility index (Phi) is 3.69. The van der Waals surface area contributed by atoms with E-state index in [2.05, 4.69) is 17.1 Å². The molecular formula is C9H18N2O. The fourth-order valence-corrected chi connectivity index (χ4v) is 1.25. The lowest BCUT2D eigenvalue weighted by Crippen LogP contribution is -2.29. The van der Waals surface area contributed by atoms with Crippen molar-refractivity contribution in [1.29, 1.82) is 0 Å². The summed E-state index contributed by atoms with van der Waals surface area (Å²) in [6.45, 7) is 8.99. The second-order valence-electron chi connectivity index (χ2n) is 3.74. The van der Waals surface area contributed by atoms with Crippen LogP contribution in [0.15, 0.2) is 0 Å². The number of carbonyl (C=O) groups excluding carboxylic acids is 1. The van der Waals surface area contributed by atoms with Gasteiger partial charge < -0.3 is 10.2 Å². The van der Waals surface area contributed by atoms with Gasteiger partial charge in [-0.25, -0.2) is 0 Å². The van der Waals surface area contributed by atoms with Crippen molar-refractivity contribution in [1.82, 2.24) is 10.2 Å². The molecule has 1 fully saturated rings. The second kappa shape index (κ2) is 4.58. The maximum absolute atomic E-state index is 10.6. The topological polar surface area (TPSA) is 32.1 Å². The molecule has 1 N–H and O–H groups in total. The molecule has 1 heterocycles. The van der Waals surface area contributed by atoms with Crippen LogP contribution in [0.5, 0.6) is 0 Å². The monoisotopic (exact) mass is 170 g/mol. The summed E-state index contributed by atoms with van der Waals surface area (Å²) in [5.41, 5.74) is 0. The Hall–Kier alpha value is -0.410. The molecule has 0 aromatic carbocycles. The van der Waals surface area contributed by atoms with Gasteiger partial charge >= 0.3 is 0 Å². The zero-order chi connectivity index (χ0) is 8.97. The molecule has 0 aliphatic carbocycles. The van der Waals surface area contributed by atoms with Gasteiger partial charge in [0.05, 0.1) is 6.54 Å². The largest absolute Gasteiger partial charge is 0.310 e. The molecule has 0 bridgehead atoms. The molecular weight excluding hydrogens is 152 g/mol. The van der Waals surface area contributed by atoms with Crippen LogP contribution < -0.4 is 5.32 Å². The smallest absolute Gasteiger partial charge is 0.143 e. The summed E-state index contributed by atoms with van der Waals surface area (Å²) < 4.78 is 0. The lowest BCUT2D eigenvalue weighted by molar-refractivity contribution is -0.116. The quantitative estimate of drug-likeness (QED) is 0.574. The number of hydrogen-bond acceptors (Lipinski definition) is 3.